The molecule has 2 rings (SSSR count). The van der Waals surface area contributed by atoms with E-state index >= 15 is 0 Å². The molecule has 0 aromatic carbocycles. The minimum Gasteiger partial charge on any atom is -0.274 e. The van der Waals surface area contributed by atoms with Crippen molar-refractivity contribution < 1.29 is 9.63 Å². The molecule has 2 unspecified atom stereocenters. The third kappa shape index (κ3) is 1.70. The normalized spacial score (nSPS) is 36.5. The second-order valence-corrected chi connectivity index (χ2v) is 4.04. The van der Waals surface area contributed by atoms with Crippen LogP contribution in [0, 0.1) is 17.8 Å². The number of nitrogens with one attached hydrogen (secondary N) is 1. The molecular formula is C10H17NO2. The van der Waals surface area contributed by atoms with Crippen LogP contribution in [0.3, 0.4) is 0 Å². The van der Waals surface area contributed by atoms with Crippen molar-refractivity contribution >= 4 is 5.91 Å². The van der Waals surface area contributed by atoms with Crippen molar-refractivity contribution in [3.05, 3.63) is 0 Å². The van der Waals surface area contributed by atoms with E-state index in [4.69, 9.17) is 4.84 Å². The Morgan fingerprint density at radius 2 is 2.00 bits per heavy atom. The Hall–Kier alpha value is -0.570. The summed E-state index contributed by atoms with van der Waals surface area (Å²) in [6, 6.07) is 0. The Labute approximate surface area is 78.8 Å². The van der Waals surface area contributed by atoms with Crippen molar-refractivity contribution in [1.29, 1.82) is 0 Å². The Morgan fingerprint density at radius 1 is 1.38 bits per heavy atom. The summed E-state index contributed by atoms with van der Waals surface area (Å²) >= 11 is 0. The third-order valence-electron chi connectivity index (χ3n) is 3.28. The van der Waals surface area contributed by atoms with Crippen LogP contribution in [0.25, 0.3) is 0 Å². The monoisotopic (exact) mass is 183 g/mol. The molecule has 74 valence electrons. The maximum Gasteiger partial charge on any atom is 0.247 e. The summed E-state index contributed by atoms with van der Waals surface area (Å²) in [6.45, 7) is 2.42. The first-order chi connectivity index (χ1) is 6.34. The van der Waals surface area contributed by atoms with Gasteiger partial charge in [-0.3, -0.25) is 9.63 Å². The van der Waals surface area contributed by atoms with Gasteiger partial charge >= 0.3 is 0 Å². The van der Waals surface area contributed by atoms with Crippen molar-refractivity contribution in [1.82, 2.24) is 5.48 Å². The Balaban J connectivity index is 1.79. The SMILES string of the molecule is CCONC(=O)C1C2CCCCC21. The number of carbonyl (C=O) groups is 1. The fraction of sp³-hybridized carbons (Fsp3) is 0.900. The molecule has 2 atom stereocenters. The molecule has 2 fully saturated rings. The fourth-order valence-corrected chi connectivity index (χ4v) is 2.59. The van der Waals surface area contributed by atoms with Crippen LogP contribution in [0.5, 0.6) is 0 Å². The quantitative estimate of drug-likeness (QED) is 0.673. The number of hydroxylamine groups is 1. The average molecular weight is 183 g/mol. The van der Waals surface area contributed by atoms with Crippen molar-refractivity contribution in [2.24, 2.45) is 17.8 Å². The smallest absolute Gasteiger partial charge is 0.247 e. The highest BCUT2D eigenvalue weighted by atomic mass is 16.6. The molecular weight excluding hydrogens is 166 g/mol. The van der Waals surface area contributed by atoms with Gasteiger partial charge in [-0.2, -0.15) is 0 Å². The average Bonchev–Trinajstić information content (AvgIpc) is 2.88. The summed E-state index contributed by atoms with van der Waals surface area (Å²) in [6.07, 6.45) is 5.10. The van der Waals surface area contributed by atoms with Gasteiger partial charge in [0.15, 0.2) is 0 Å². The Kier molecular flexibility index (Phi) is 2.54. The lowest BCUT2D eigenvalue weighted by Crippen LogP contribution is -2.26. The standard InChI is InChI=1S/C10H17NO2/c1-2-13-11-10(12)9-7-5-3-4-6-8(7)9/h7-9H,2-6H2,1H3,(H,11,12). The lowest BCUT2D eigenvalue weighted by atomic mass is 10.0. The summed E-state index contributed by atoms with van der Waals surface area (Å²) in [5.41, 5.74) is 2.51. The molecule has 1 amide bonds. The van der Waals surface area contributed by atoms with Gasteiger partial charge in [0.25, 0.3) is 0 Å². The number of fused-ring (bicyclic) bond motifs is 1. The van der Waals surface area contributed by atoms with E-state index in [1.54, 1.807) is 0 Å². The summed E-state index contributed by atoms with van der Waals surface area (Å²) in [5, 5.41) is 0. The molecule has 2 aliphatic carbocycles. The number of carbonyl (C=O) groups excluding carboxylic acids is 1. The predicted octanol–water partition coefficient (Wildman–Crippen LogP) is 1.49. The van der Waals surface area contributed by atoms with Gasteiger partial charge in [-0.1, -0.05) is 12.8 Å². The summed E-state index contributed by atoms with van der Waals surface area (Å²) in [5.74, 6) is 1.73. The first kappa shape index (κ1) is 9.00. The van der Waals surface area contributed by atoms with E-state index in [9.17, 15) is 4.79 Å². The van der Waals surface area contributed by atoms with Gasteiger partial charge in [0.05, 0.1) is 6.61 Å². The molecule has 0 heterocycles. The molecule has 0 spiro atoms. The van der Waals surface area contributed by atoms with Crippen LogP contribution >= 0.6 is 0 Å². The summed E-state index contributed by atoms with van der Waals surface area (Å²) < 4.78 is 0. The van der Waals surface area contributed by atoms with Gasteiger partial charge in [0, 0.05) is 5.92 Å². The van der Waals surface area contributed by atoms with Crippen LogP contribution in [-0.4, -0.2) is 12.5 Å². The van der Waals surface area contributed by atoms with E-state index in [1.165, 1.54) is 25.7 Å². The lowest BCUT2D eigenvalue weighted by Gasteiger charge is -2.04. The first-order valence-corrected chi connectivity index (χ1v) is 5.26. The molecule has 0 aromatic heterocycles. The highest BCUT2D eigenvalue weighted by Gasteiger charge is 2.54. The van der Waals surface area contributed by atoms with Gasteiger partial charge in [0.2, 0.25) is 5.91 Å². The zero-order valence-corrected chi connectivity index (χ0v) is 8.08. The molecule has 3 nitrogen and oxygen atoms in total. The van der Waals surface area contributed by atoms with E-state index in [2.05, 4.69) is 5.48 Å². The molecule has 0 radical (unpaired) electrons. The highest BCUT2D eigenvalue weighted by molar-refractivity contribution is 5.81. The predicted molar refractivity (Wildman–Crippen MR) is 48.7 cm³/mol. The van der Waals surface area contributed by atoms with Crippen LogP contribution in [0.15, 0.2) is 0 Å². The van der Waals surface area contributed by atoms with Crippen molar-refractivity contribution in [2.75, 3.05) is 6.61 Å². The number of amides is 1. The van der Waals surface area contributed by atoms with Crippen molar-refractivity contribution in [2.45, 2.75) is 32.6 Å². The second kappa shape index (κ2) is 3.66. The maximum atomic E-state index is 11.5. The van der Waals surface area contributed by atoms with Crippen LogP contribution in [0.1, 0.15) is 32.6 Å². The largest absolute Gasteiger partial charge is 0.274 e. The number of hydrogen-bond donors (Lipinski definition) is 1. The van der Waals surface area contributed by atoms with Crippen LogP contribution in [0.4, 0.5) is 0 Å². The topological polar surface area (TPSA) is 38.3 Å². The van der Waals surface area contributed by atoms with E-state index in [0.29, 0.717) is 18.4 Å². The third-order valence-corrected chi connectivity index (χ3v) is 3.28. The van der Waals surface area contributed by atoms with Gasteiger partial charge < -0.3 is 0 Å². The van der Waals surface area contributed by atoms with Crippen LogP contribution in [-0.2, 0) is 9.63 Å². The molecule has 0 saturated heterocycles. The van der Waals surface area contributed by atoms with E-state index < -0.39 is 0 Å². The maximum absolute atomic E-state index is 11.5. The zero-order valence-electron chi connectivity index (χ0n) is 8.08. The molecule has 1 N–H and O–H groups in total. The van der Waals surface area contributed by atoms with Gasteiger partial charge in [-0.25, -0.2) is 5.48 Å². The molecule has 2 aliphatic rings. The van der Waals surface area contributed by atoms with Crippen molar-refractivity contribution in [3.8, 4) is 0 Å². The summed E-state index contributed by atoms with van der Waals surface area (Å²) in [4.78, 5) is 16.4. The molecule has 2 saturated carbocycles. The Morgan fingerprint density at radius 3 is 2.54 bits per heavy atom. The van der Waals surface area contributed by atoms with E-state index in [1.807, 2.05) is 6.92 Å². The molecule has 3 heteroatoms. The highest BCUT2D eigenvalue weighted by Crippen LogP contribution is 2.55. The van der Waals surface area contributed by atoms with Gasteiger partial charge in [0.1, 0.15) is 0 Å². The first-order valence-electron chi connectivity index (χ1n) is 5.26. The molecule has 0 aromatic rings. The minimum atomic E-state index is 0.110. The van der Waals surface area contributed by atoms with Crippen LogP contribution < -0.4 is 5.48 Å². The Bertz CT molecular complexity index is 193. The van der Waals surface area contributed by atoms with Crippen molar-refractivity contribution in [3.63, 3.8) is 0 Å². The summed E-state index contributed by atoms with van der Waals surface area (Å²) in [7, 11) is 0. The van der Waals surface area contributed by atoms with Crippen LogP contribution in [0.2, 0.25) is 0 Å². The van der Waals surface area contributed by atoms with E-state index in [0.717, 1.165) is 0 Å². The van der Waals surface area contributed by atoms with Gasteiger partial charge in [-0.15, -0.1) is 0 Å². The number of hydrogen-bond acceptors (Lipinski definition) is 2. The lowest BCUT2D eigenvalue weighted by molar-refractivity contribution is -0.135. The number of rotatable bonds is 3. The van der Waals surface area contributed by atoms with E-state index in [-0.39, 0.29) is 11.8 Å². The van der Waals surface area contributed by atoms with Gasteiger partial charge in [-0.05, 0) is 31.6 Å². The zero-order chi connectivity index (χ0) is 9.26. The molecule has 13 heavy (non-hydrogen) atoms. The minimum absolute atomic E-state index is 0.110. The molecule has 0 aliphatic heterocycles. The second-order valence-electron chi connectivity index (χ2n) is 4.04. The fourth-order valence-electron chi connectivity index (χ4n) is 2.59. The molecule has 0 bridgehead atoms.